The van der Waals surface area contributed by atoms with Gasteiger partial charge in [-0.2, -0.15) is 0 Å². The molecule has 1 aliphatic heterocycles. The fourth-order valence-electron chi connectivity index (χ4n) is 2.70. The van der Waals surface area contributed by atoms with E-state index >= 15 is 0 Å². The lowest BCUT2D eigenvalue weighted by molar-refractivity contribution is -0.149. The molecular weight excluding hydrogens is 405 g/mol. The number of imidazole rings is 1. The lowest BCUT2D eigenvalue weighted by Gasteiger charge is -2.29. The highest BCUT2D eigenvalue weighted by molar-refractivity contribution is 14.1. The van der Waals surface area contributed by atoms with Crippen LogP contribution in [0.15, 0.2) is 18.2 Å². The summed E-state index contributed by atoms with van der Waals surface area (Å²) in [7, 11) is 1.53. The molecule has 0 N–H and O–H groups in total. The third-order valence-electron chi connectivity index (χ3n) is 3.78. The minimum absolute atomic E-state index is 0.136. The summed E-state index contributed by atoms with van der Waals surface area (Å²) in [5.74, 6) is 0.556. The largest absolute Gasteiger partial charge is 0.314 e. The van der Waals surface area contributed by atoms with E-state index in [2.05, 4.69) is 27.6 Å². The minimum Gasteiger partial charge on any atom is -0.314 e. The summed E-state index contributed by atoms with van der Waals surface area (Å²) >= 11 is 8.22. The molecule has 2 amide bonds. The first-order valence-electron chi connectivity index (χ1n) is 6.55. The van der Waals surface area contributed by atoms with Crippen LogP contribution < -0.4 is 0 Å². The van der Waals surface area contributed by atoms with Gasteiger partial charge in [-0.15, -0.1) is 11.6 Å². The summed E-state index contributed by atoms with van der Waals surface area (Å²) in [4.78, 5) is 29.8. The Morgan fingerprint density at radius 3 is 2.90 bits per heavy atom. The van der Waals surface area contributed by atoms with Gasteiger partial charge in [0.1, 0.15) is 11.9 Å². The molecule has 0 radical (unpaired) electrons. The van der Waals surface area contributed by atoms with Crippen molar-refractivity contribution in [2.75, 3.05) is 7.05 Å². The molecule has 0 saturated carbocycles. The lowest BCUT2D eigenvalue weighted by Crippen LogP contribution is -2.43. The zero-order valence-electron chi connectivity index (χ0n) is 11.3. The van der Waals surface area contributed by atoms with Crippen molar-refractivity contribution in [2.45, 2.75) is 24.8 Å². The van der Waals surface area contributed by atoms with Gasteiger partial charge in [0.05, 0.1) is 16.9 Å². The summed E-state index contributed by atoms with van der Waals surface area (Å²) in [6.07, 6.45) is 0.849. The number of fused-ring (bicyclic) bond motifs is 1. The summed E-state index contributed by atoms with van der Waals surface area (Å²) in [6, 6.07) is 5.47. The molecule has 1 aliphatic rings. The average molecular weight is 418 g/mol. The van der Waals surface area contributed by atoms with Crippen LogP contribution in [-0.2, 0) is 15.5 Å². The first kappa shape index (κ1) is 14.8. The van der Waals surface area contributed by atoms with E-state index in [0.29, 0.717) is 18.7 Å². The van der Waals surface area contributed by atoms with Gasteiger partial charge in [-0.3, -0.25) is 14.5 Å². The highest BCUT2D eigenvalue weighted by Gasteiger charge is 2.34. The highest BCUT2D eigenvalue weighted by Crippen LogP contribution is 2.30. The van der Waals surface area contributed by atoms with Crippen LogP contribution in [-0.4, -0.2) is 33.3 Å². The number of nitrogens with zero attached hydrogens (tertiary/aromatic N) is 3. The monoisotopic (exact) mass is 417 g/mol. The normalized spacial score (nSPS) is 19.6. The van der Waals surface area contributed by atoms with E-state index in [0.717, 1.165) is 14.6 Å². The molecular formula is C14H13ClIN3O2. The van der Waals surface area contributed by atoms with E-state index in [1.54, 1.807) is 0 Å². The zero-order valence-corrected chi connectivity index (χ0v) is 14.3. The summed E-state index contributed by atoms with van der Waals surface area (Å²) in [5.41, 5.74) is 1.71. The average Bonchev–Trinajstić information content (AvgIpc) is 2.82. The molecule has 5 nitrogen and oxygen atoms in total. The molecule has 1 aromatic heterocycles. The lowest BCUT2D eigenvalue weighted by atomic mass is 10.0. The van der Waals surface area contributed by atoms with Gasteiger partial charge in [-0.1, -0.05) is 0 Å². The molecule has 110 valence electrons. The SMILES string of the molecule is CN1C(=O)CCC(n2c(CCl)nc3cc(I)ccc32)C1=O. The number of aromatic nitrogens is 2. The van der Waals surface area contributed by atoms with Crippen LogP contribution in [0.1, 0.15) is 24.7 Å². The second kappa shape index (κ2) is 5.57. The number of halogens is 2. The Labute approximate surface area is 140 Å². The highest BCUT2D eigenvalue weighted by atomic mass is 127. The quantitative estimate of drug-likeness (QED) is 0.429. The first-order valence-corrected chi connectivity index (χ1v) is 8.17. The number of hydrogen-bond donors (Lipinski definition) is 0. The molecule has 0 bridgehead atoms. The van der Waals surface area contributed by atoms with Crippen LogP contribution in [0.3, 0.4) is 0 Å². The topological polar surface area (TPSA) is 55.2 Å². The third-order valence-corrected chi connectivity index (χ3v) is 4.69. The van der Waals surface area contributed by atoms with Crippen LogP contribution in [0, 0.1) is 3.57 Å². The maximum Gasteiger partial charge on any atom is 0.252 e. The summed E-state index contributed by atoms with van der Waals surface area (Å²) in [6.45, 7) is 0. The number of benzene rings is 1. The van der Waals surface area contributed by atoms with Gasteiger partial charge in [-0.05, 0) is 47.2 Å². The zero-order chi connectivity index (χ0) is 15.1. The van der Waals surface area contributed by atoms with Gasteiger partial charge in [0.25, 0.3) is 5.91 Å². The molecule has 2 heterocycles. The van der Waals surface area contributed by atoms with Gasteiger partial charge in [-0.25, -0.2) is 4.98 Å². The Bertz CT molecular complexity index is 743. The number of alkyl halides is 1. The van der Waals surface area contributed by atoms with Gasteiger partial charge in [0.15, 0.2) is 0 Å². The van der Waals surface area contributed by atoms with Crippen LogP contribution in [0.2, 0.25) is 0 Å². The van der Waals surface area contributed by atoms with Crippen LogP contribution in [0.5, 0.6) is 0 Å². The Balaban J connectivity index is 2.15. The molecule has 2 aromatic rings. The molecule has 1 unspecified atom stereocenters. The van der Waals surface area contributed by atoms with E-state index in [4.69, 9.17) is 11.6 Å². The minimum atomic E-state index is -0.411. The maximum atomic E-state index is 12.4. The van der Waals surface area contributed by atoms with E-state index in [-0.39, 0.29) is 17.7 Å². The van der Waals surface area contributed by atoms with Crippen molar-refractivity contribution < 1.29 is 9.59 Å². The smallest absolute Gasteiger partial charge is 0.252 e. The molecule has 1 saturated heterocycles. The number of likely N-dealkylation sites (tertiary alicyclic amines) is 1. The third kappa shape index (κ3) is 2.44. The fourth-order valence-corrected chi connectivity index (χ4v) is 3.36. The second-order valence-corrected chi connectivity index (χ2v) is 6.52. The van der Waals surface area contributed by atoms with Crippen molar-refractivity contribution in [2.24, 2.45) is 0 Å². The Hall–Kier alpha value is -1.15. The van der Waals surface area contributed by atoms with Gasteiger partial charge < -0.3 is 4.57 Å². The van der Waals surface area contributed by atoms with Gasteiger partial charge >= 0.3 is 0 Å². The number of hydrogen-bond acceptors (Lipinski definition) is 3. The van der Waals surface area contributed by atoms with Crippen molar-refractivity contribution in [3.63, 3.8) is 0 Å². The van der Waals surface area contributed by atoms with E-state index in [1.807, 2.05) is 22.8 Å². The number of likely N-dealkylation sites (N-methyl/N-ethyl adjacent to an activating group) is 1. The van der Waals surface area contributed by atoms with Gasteiger partial charge in [0, 0.05) is 17.0 Å². The number of imide groups is 1. The van der Waals surface area contributed by atoms with Crippen molar-refractivity contribution in [1.82, 2.24) is 14.5 Å². The Morgan fingerprint density at radius 1 is 1.43 bits per heavy atom. The predicted molar refractivity (Wildman–Crippen MR) is 88.1 cm³/mol. The molecule has 0 spiro atoms. The summed E-state index contributed by atoms with van der Waals surface area (Å²) < 4.78 is 2.96. The standard InChI is InChI=1S/C14H13ClIN3O2/c1-18-13(20)5-4-11(14(18)21)19-10-3-2-8(16)6-9(10)17-12(19)7-15/h2-3,6,11H,4-5,7H2,1H3. The molecule has 21 heavy (non-hydrogen) atoms. The number of carbonyl (C=O) groups is 2. The molecule has 1 atom stereocenters. The molecule has 3 rings (SSSR count). The number of amides is 2. The Morgan fingerprint density at radius 2 is 2.19 bits per heavy atom. The molecule has 1 aromatic carbocycles. The van der Waals surface area contributed by atoms with Crippen LogP contribution in [0.4, 0.5) is 0 Å². The van der Waals surface area contributed by atoms with Crippen molar-refractivity contribution in [3.05, 3.63) is 27.6 Å². The number of carbonyl (C=O) groups excluding carboxylic acids is 2. The first-order chi connectivity index (χ1) is 10.0. The number of rotatable bonds is 2. The van der Waals surface area contributed by atoms with Crippen LogP contribution >= 0.6 is 34.2 Å². The maximum absolute atomic E-state index is 12.4. The second-order valence-electron chi connectivity index (χ2n) is 5.01. The predicted octanol–water partition coefficient (Wildman–Crippen LogP) is 2.70. The van der Waals surface area contributed by atoms with Crippen molar-refractivity contribution >= 4 is 57.0 Å². The van der Waals surface area contributed by atoms with Crippen molar-refractivity contribution in [3.8, 4) is 0 Å². The fraction of sp³-hybridized carbons (Fsp3) is 0.357. The Kier molecular flexibility index (Phi) is 3.92. The molecule has 7 heteroatoms. The van der Waals surface area contributed by atoms with E-state index in [9.17, 15) is 9.59 Å². The van der Waals surface area contributed by atoms with Gasteiger partial charge in [0.2, 0.25) is 5.91 Å². The molecule has 1 fully saturated rings. The van der Waals surface area contributed by atoms with Crippen molar-refractivity contribution in [1.29, 1.82) is 0 Å². The summed E-state index contributed by atoms with van der Waals surface area (Å²) in [5, 5.41) is 0. The number of piperidine rings is 1. The van der Waals surface area contributed by atoms with Crippen LogP contribution in [0.25, 0.3) is 11.0 Å². The van der Waals surface area contributed by atoms with E-state index in [1.165, 1.54) is 11.9 Å². The van der Waals surface area contributed by atoms with E-state index < -0.39 is 6.04 Å². The molecule has 0 aliphatic carbocycles.